The predicted octanol–water partition coefficient (Wildman–Crippen LogP) is 3.19. The molecule has 1 saturated carbocycles. The largest absolute Gasteiger partial charge is 0.448 e. The number of imide groups is 1. The summed E-state index contributed by atoms with van der Waals surface area (Å²) in [7, 11) is 0. The number of hydrogen-bond donors (Lipinski definition) is 2. The molecule has 142 valence electrons. The van der Waals surface area contributed by atoms with Crippen molar-refractivity contribution in [2.75, 3.05) is 0 Å². The normalized spacial score (nSPS) is 20.9. The van der Waals surface area contributed by atoms with Crippen LogP contribution in [0, 0.1) is 5.92 Å². The number of amides is 3. The minimum atomic E-state index is -1.02. The van der Waals surface area contributed by atoms with Crippen LogP contribution in [-0.4, -0.2) is 30.1 Å². The zero-order valence-electron chi connectivity index (χ0n) is 15.3. The lowest BCUT2D eigenvalue weighted by Gasteiger charge is -2.16. The molecule has 1 heterocycles. The fourth-order valence-corrected chi connectivity index (χ4v) is 4.68. The van der Waals surface area contributed by atoms with Gasteiger partial charge in [0.2, 0.25) is 0 Å². The van der Waals surface area contributed by atoms with Gasteiger partial charge in [-0.05, 0) is 56.6 Å². The van der Waals surface area contributed by atoms with Gasteiger partial charge in [0, 0.05) is 10.9 Å². The number of ether oxygens (including phenoxy) is 1. The molecule has 3 rings (SSSR count). The summed E-state index contributed by atoms with van der Waals surface area (Å²) in [6.45, 7) is 3.69. The third-order valence-electron chi connectivity index (χ3n) is 5.11. The molecule has 6 nitrogen and oxygen atoms in total. The average Bonchev–Trinajstić information content (AvgIpc) is 3.23. The molecular formula is C19H26N2O4S. The van der Waals surface area contributed by atoms with Crippen molar-refractivity contribution < 1.29 is 19.1 Å². The van der Waals surface area contributed by atoms with E-state index < -0.39 is 24.0 Å². The smallest absolute Gasteiger partial charge is 0.349 e. The number of carbonyl (C=O) groups is 3. The van der Waals surface area contributed by atoms with Crippen LogP contribution in [0.5, 0.6) is 0 Å². The lowest BCUT2D eigenvalue weighted by Crippen LogP contribution is -2.47. The summed E-state index contributed by atoms with van der Waals surface area (Å²) >= 11 is 1.45. The molecule has 26 heavy (non-hydrogen) atoms. The molecule has 7 heteroatoms. The first kappa shape index (κ1) is 18.9. The van der Waals surface area contributed by atoms with E-state index in [1.165, 1.54) is 28.7 Å². The number of carbonyl (C=O) groups excluding carboxylic acids is 3. The first-order valence-corrected chi connectivity index (χ1v) is 10.2. The Labute approximate surface area is 157 Å². The summed E-state index contributed by atoms with van der Waals surface area (Å²) in [6.07, 6.45) is 6.16. The van der Waals surface area contributed by atoms with E-state index >= 15 is 0 Å². The van der Waals surface area contributed by atoms with Crippen LogP contribution in [0.2, 0.25) is 0 Å². The van der Waals surface area contributed by atoms with E-state index in [9.17, 15) is 14.4 Å². The van der Waals surface area contributed by atoms with E-state index in [1.807, 2.05) is 6.07 Å². The molecule has 1 aromatic heterocycles. The van der Waals surface area contributed by atoms with E-state index in [0.717, 1.165) is 44.9 Å². The number of rotatable bonds is 4. The van der Waals surface area contributed by atoms with Gasteiger partial charge in [0.25, 0.3) is 5.91 Å². The first-order valence-electron chi connectivity index (χ1n) is 9.36. The number of aryl methyl sites for hydroxylation is 1. The monoisotopic (exact) mass is 378 g/mol. The van der Waals surface area contributed by atoms with Crippen molar-refractivity contribution in [1.82, 2.24) is 10.6 Å². The van der Waals surface area contributed by atoms with E-state index in [0.29, 0.717) is 10.8 Å². The molecule has 2 atom stereocenters. The molecule has 1 aromatic rings. The van der Waals surface area contributed by atoms with E-state index in [2.05, 4.69) is 17.6 Å². The van der Waals surface area contributed by atoms with Crippen molar-refractivity contribution in [3.8, 4) is 0 Å². The van der Waals surface area contributed by atoms with E-state index in [1.54, 1.807) is 0 Å². The maximum Gasteiger partial charge on any atom is 0.349 e. The van der Waals surface area contributed by atoms with Crippen molar-refractivity contribution in [1.29, 1.82) is 0 Å². The number of nitrogens with one attached hydrogen (secondary N) is 2. The number of fused-ring (bicyclic) bond motifs is 1. The summed E-state index contributed by atoms with van der Waals surface area (Å²) < 4.78 is 5.25. The molecule has 1 fully saturated rings. The zero-order valence-corrected chi connectivity index (χ0v) is 16.1. The fraction of sp³-hybridized carbons (Fsp3) is 0.632. The number of hydrogen-bond acceptors (Lipinski definition) is 5. The van der Waals surface area contributed by atoms with Gasteiger partial charge in [-0.15, -0.1) is 11.3 Å². The molecule has 0 bridgehead atoms. The van der Waals surface area contributed by atoms with Crippen LogP contribution in [-0.2, 0) is 22.4 Å². The SMILES string of the molecule is C[C@@H]1CCc2sc(C(=O)O[C@H](C)C(=O)NC(=O)NC3CCCC3)cc2C1. The van der Waals surface area contributed by atoms with Crippen molar-refractivity contribution in [2.45, 2.75) is 70.9 Å². The van der Waals surface area contributed by atoms with Crippen molar-refractivity contribution >= 4 is 29.2 Å². The highest BCUT2D eigenvalue weighted by molar-refractivity contribution is 7.14. The minimum Gasteiger partial charge on any atom is -0.448 e. The van der Waals surface area contributed by atoms with Gasteiger partial charge in [0.15, 0.2) is 6.10 Å². The Hall–Kier alpha value is -1.89. The Morgan fingerprint density at radius 3 is 2.69 bits per heavy atom. The maximum absolute atomic E-state index is 12.3. The highest BCUT2D eigenvalue weighted by Gasteiger charge is 2.25. The molecule has 2 aliphatic carbocycles. The standard InChI is InChI=1S/C19H26N2O4S/c1-11-7-8-15-13(9-11)10-16(26-15)18(23)25-12(2)17(22)21-19(24)20-14-5-3-4-6-14/h10-12,14H,3-9H2,1-2H3,(H2,20,21,22,24)/t11-,12-/m1/s1. The zero-order chi connectivity index (χ0) is 18.7. The summed E-state index contributed by atoms with van der Waals surface area (Å²) in [4.78, 5) is 38.0. The lowest BCUT2D eigenvalue weighted by molar-refractivity contribution is -0.127. The Bertz CT molecular complexity index is 694. The van der Waals surface area contributed by atoms with Gasteiger partial charge in [-0.3, -0.25) is 10.1 Å². The van der Waals surface area contributed by atoms with Gasteiger partial charge in [-0.2, -0.15) is 0 Å². The molecule has 0 aliphatic heterocycles. The van der Waals surface area contributed by atoms with E-state index in [-0.39, 0.29) is 6.04 Å². The predicted molar refractivity (Wildman–Crippen MR) is 99.3 cm³/mol. The second-order valence-electron chi connectivity index (χ2n) is 7.40. The Morgan fingerprint density at radius 2 is 1.96 bits per heavy atom. The summed E-state index contributed by atoms with van der Waals surface area (Å²) in [6, 6.07) is 1.49. The van der Waals surface area contributed by atoms with Crippen LogP contribution in [0.4, 0.5) is 4.79 Å². The number of urea groups is 1. The molecule has 0 unspecified atom stereocenters. The number of thiophene rings is 1. The topological polar surface area (TPSA) is 84.5 Å². The molecule has 2 aliphatic rings. The summed E-state index contributed by atoms with van der Waals surface area (Å²) in [5, 5.41) is 5.03. The quantitative estimate of drug-likeness (QED) is 0.788. The third kappa shape index (κ3) is 4.63. The molecule has 2 N–H and O–H groups in total. The fourth-order valence-electron chi connectivity index (χ4n) is 3.58. The minimum absolute atomic E-state index is 0.125. The lowest BCUT2D eigenvalue weighted by atomic mass is 9.90. The van der Waals surface area contributed by atoms with Crippen molar-refractivity contribution in [2.24, 2.45) is 5.92 Å². The van der Waals surface area contributed by atoms with Crippen LogP contribution in [0.25, 0.3) is 0 Å². The van der Waals surface area contributed by atoms with Crippen molar-refractivity contribution in [3.63, 3.8) is 0 Å². The Balaban J connectivity index is 1.50. The van der Waals surface area contributed by atoms with Gasteiger partial charge >= 0.3 is 12.0 Å². The Kier molecular flexibility index (Phi) is 5.96. The van der Waals surface area contributed by atoms with Gasteiger partial charge in [0.1, 0.15) is 4.88 Å². The molecule has 0 aromatic carbocycles. The molecule has 0 spiro atoms. The second kappa shape index (κ2) is 8.20. The molecule has 0 saturated heterocycles. The first-order chi connectivity index (χ1) is 12.4. The van der Waals surface area contributed by atoms with Gasteiger partial charge < -0.3 is 10.1 Å². The van der Waals surface area contributed by atoms with Gasteiger partial charge in [-0.1, -0.05) is 19.8 Å². The number of esters is 1. The Morgan fingerprint density at radius 1 is 1.23 bits per heavy atom. The van der Waals surface area contributed by atoms with Crippen LogP contribution in [0.1, 0.15) is 66.1 Å². The highest BCUT2D eigenvalue weighted by atomic mass is 32.1. The van der Waals surface area contributed by atoms with Crippen LogP contribution < -0.4 is 10.6 Å². The summed E-state index contributed by atoms with van der Waals surface area (Å²) in [5.74, 6) is -0.483. The second-order valence-corrected chi connectivity index (χ2v) is 8.54. The highest BCUT2D eigenvalue weighted by Crippen LogP contribution is 2.32. The average molecular weight is 378 g/mol. The van der Waals surface area contributed by atoms with Gasteiger partial charge in [-0.25, -0.2) is 9.59 Å². The van der Waals surface area contributed by atoms with Crippen LogP contribution in [0.3, 0.4) is 0 Å². The molecular weight excluding hydrogens is 352 g/mol. The third-order valence-corrected chi connectivity index (χ3v) is 6.33. The van der Waals surface area contributed by atoms with Crippen LogP contribution >= 0.6 is 11.3 Å². The molecule has 0 radical (unpaired) electrons. The maximum atomic E-state index is 12.3. The molecule has 3 amide bonds. The summed E-state index contributed by atoms with van der Waals surface area (Å²) in [5.41, 5.74) is 1.22. The van der Waals surface area contributed by atoms with Crippen LogP contribution in [0.15, 0.2) is 6.07 Å². The van der Waals surface area contributed by atoms with Crippen molar-refractivity contribution in [3.05, 3.63) is 21.4 Å². The van der Waals surface area contributed by atoms with E-state index in [4.69, 9.17) is 4.74 Å². The van der Waals surface area contributed by atoms with Gasteiger partial charge in [0.05, 0.1) is 0 Å².